The second-order valence-electron chi connectivity index (χ2n) is 10.5. The Balaban J connectivity index is 1.28. The Morgan fingerprint density at radius 3 is 1.79 bits per heavy atom. The molecule has 8 aromatic rings. The summed E-state index contributed by atoms with van der Waals surface area (Å²) in [5.41, 5.74) is 8.74. The molecule has 6 heteroatoms. The molecule has 0 spiro atoms. The van der Waals surface area contributed by atoms with E-state index in [1.807, 2.05) is 67.0 Å². The SMILES string of the molecule is c1ccc(-n2c(-c3ccc(N4c5ccccc5Oc5ccccc54)cc3)nc3c4cccnc4c4ncccc4c32)cc1. The molecule has 6 nitrogen and oxygen atoms in total. The van der Waals surface area contributed by atoms with Gasteiger partial charge in [-0.2, -0.15) is 0 Å². The molecule has 0 saturated heterocycles. The largest absolute Gasteiger partial charge is 0.453 e. The summed E-state index contributed by atoms with van der Waals surface area (Å²) in [5, 5.41) is 2.00. The van der Waals surface area contributed by atoms with Gasteiger partial charge in [-0.1, -0.05) is 42.5 Å². The van der Waals surface area contributed by atoms with E-state index in [1.54, 1.807) is 0 Å². The fourth-order valence-electron chi connectivity index (χ4n) is 6.19. The highest BCUT2D eigenvalue weighted by molar-refractivity contribution is 6.21. The maximum Gasteiger partial charge on any atom is 0.151 e. The third kappa shape index (κ3) is 3.57. The summed E-state index contributed by atoms with van der Waals surface area (Å²) in [5.74, 6) is 2.52. The van der Waals surface area contributed by atoms with Crippen molar-refractivity contribution in [3.63, 3.8) is 0 Å². The van der Waals surface area contributed by atoms with Gasteiger partial charge in [0.1, 0.15) is 5.82 Å². The van der Waals surface area contributed by atoms with Gasteiger partial charge in [0.15, 0.2) is 11.5 Å². The lowest BCUT2D eigenvalue weighted by Crippen LogP contribution is -2.15. The van der Waals surface area contributed by atoms with Crippen LogP contribution in [-0.4, -0.2) is 19.5 Å². The standard InChI is InChI=1S/C37H23N5O/c1-2-10-25(11-3-1)42-36-28-13-9-23-39-34(28)33-27(12-8-22-38-33)35(36)40-37(42)24-18-20-26(21-19-24)41-29-14-4-6-16-31(29)43-32-17-7-5-15-30(32)41/h1-23H. The molecule has 3 aromatic heterocycles. The lowest BCUT2D eigenvalue weighted by Gasteiger charge is -2.32. The number of ether oxygens (including phenoxy) is 1. The molecule has 0 fully saturated rings. The van der Waals surface area contributed by atoms with Gasteiger partial charge in [0.25, 0.3) is 0 Å². The molecule has 1 aliphatic heterocycles. The Morgan fingerprint density at radius 2 is 1.09 bits per heavy atom. The Labute approximate surface area is 247 Å². The molecule has 1 aliphatic rings. The zero-order valence-corrected chi connectivity index (χ0v) is 22.9. The van der Waals surface area contributed by atoms with Gasteiger partial charge in [0, 0.05) is 40.1 Å². The second-order valence-corrected chi connectivity index (χ2v) is 10.5. The van der Waals surface area contributed by atoms with Crippen LogP contribution in [0.15, 0.2) is 140 Å². The Morgan fingerprint density at radius 1 is 0.488 bits per heavy atom. The zero-order chi connectivity index (χ0) is 28.3. The van der Waals surface area contributed by atoms with Crippen LogP contribution in [0.2, 0.25) is 0 Å². The first kappa shape index (κ1) is 23.7. The second kappa shape index (κ2) is 9.26. The van der Waals surface area contributed by atoms with Crippen molar-refractivity contribution in [3.8, 4) is 28.6 Å². The first-order valence-corrected chi connectivity index (χ1v) is 14.2. The first-order chi connectivity index (χ1) is 21.3. The maximum absolute atomic E-state index is 6.23. The first-order valence-electron chi connectivity index (χ1n) is 14.2. The molecule has 0 bridgehead atoms. The van der Waals surface area contributed by atoms with Gasteiger partial charge in [-0.05, 0) is 84.9 Å². The van der Waals surface area contributed by atoms with Gasteiger partial charge in [-0.25, -0.2) is 4.98 Å². The number of pyridine rings is 2. The third-order valence-electron chi connectivity index (χ3n) is 8.06. The minimum absolute atomic E-state index is 0.831. The summed E-state index contributed by atoms with van der Waals surface area (Å²) >= 11 is 0. The molecule has 0 radical (unpaired) electrons. The highest BCUT2D eigenvalue weighted by Gasteiger charge is 2.26. The van der Waals surface area contributed by atoms with Crippen LogP contribution in [0.3, 0.4) is 0 Å². The number of benzene rings is 5. The van der Waals surface area contributed by atoms with Crippen molar-refractivity contribution in [1.29, 1.82) is 0 Å². The van der Waals surface area contributed by atoms with Crippen LogP contribution in [0.1, 0.15) is 0 Å². The predicted octanol–water partition coefficient (Wildman–Crippen LogP) is 9.36. The van der Waals surface area contributed by atoms with Crippen molar-refractivity contribution in [2.75, 3.05) is 4.90 Å². The van der Waals surface area contributed by atoms with E-state index in [2.05, 4.69) is 82.3 Å². The summed E-state index contributed by atoms with van der Waals surface area (Å²) in [6.45, 7) is 0. The number of aromatic nitrogens is 4. The number of hydrogen-bond donors (Lipinski definition) is 0. The van der Waals surface area contributed by atoms with E-state index in [0.717, 1.165) is 78.5 Å². The van der Waals surface area contributed by atoms with E-state index in [1.165, 1.54) is 0 Å². The van der Waals surface area contributed by atoms with E-state index in [0.29, 0.717) is 0 Å². The van der Waals surface area contributed by atoms with Crippen LogP contribution in [0.5, 0.6) is 11.5 Å². The molecule has 4 heterocycles. The zero-order valence-electron chi connectivity index (χ0n) is 22.9. The van der Waals surface area contributed by atoms with Crippen molar-refractivity contribution in [1.82, 2.24) is 19.5 Å². The minimum atomic E-state index is 0.831. The van der Waals surface area contributed by atoms with Crippen LogP contribution in [0, 0.1) is 0 Å². The van der Waals surface area contributed by atoms with Crippen LogP contribution < -0.4 is 9.64 Å². The third-order valence-corrected chi connectivity index (χ3v) is 8.06. The maximum atomic E-state index is 6.23. The average Bonchev–Trinajstić information content (AvgIpc) is 3.49. The normalized spacial score (nSPS) is 12.3. The van der Waals surface area contributed by atoms with Gasteiger partial charge < -0.3 is 9.64 Å². The molecular weight excluding hydrogens is 530 g/mol. The van der Waals surface area contributed by atoms with Crippen molar-refractivity contribution in [2.24, 2.45) is 0 Å². The van der Waals surface area contributed by atoms with Crippen LogP contribution >= 0.6 is 0 Å². The molecule has 0 saturated carbocycles. The van der Waals surface area contributed by atoms with Crippen molar-refractivity contribution >= 4 is 49.9 Å². The highest BCUT2D eigenvalue weighted by Crippen LogP contribution is 2.50. The number of imidazole rings is 1. The number of anilines is 3. The van der Waals surface area contributed by atoms with Gasteiger partial charge in [0.2, 0.25) is 0 Å². The number of hydrogen-bond acceptors (Lipinski definition) is 5. The predicted molar refractivity (Wildman–Crippen MR) is 172 cm³/mol. The van der Waals surface area contributed by atoms with Crippen molar-refractivity contribution in [2.45, 2.75) is 0 Å². The molecule has 0 N–H and O–H groups in total. The smallest absolute Gasteiger partial charge is 0.151 e. The highest BCUT2D eigenvalue weighted by atomic mass is 16.5. The Bertz CT molecular complexity index is 2280. The molecular formula is C37H23N5O. The minimum Gasteiger partial charge on any atom is -0.453 e. The quantitative estimate of drug-likeness (QED) is 0.204. The fourth-order valence-corrected chi connectivity index (χ4v) is 6.19. The van der Waals surface area contributed by atoms with Gasteiger partial charge in [0.05, 0.1) is 33.4 Å². The van der Waals surface area contributed by atoms with Crippen LogP contribution in [0.4, 0.5) is 17.1 Å². The van der Waals surface area contributed by atoms with E-state index in [9.17, 15) is 0 Å². The molecule has 0 atom stereocenters. The van der Waals surface area contributed by atoms with Gasteiger partial charge >= 0.3 is 0 Å². The van der Waals surface area contributed by atoms with Crippen molar-refractivity contribution < 1.29 is 4.74 Å². The van der Waals surface area contributed by atoms with E-state index in [-0.39, 0.29) is 0 Å². The summed E-state index contributed by atoms with van der Waals surface area (Å²) < 4.78 is 8.48. The average molecular weight is 554 g/mol. The molecule has 5 aromatic carbocycles. The molecule has 43 heavy (non-hydrogen) atoms. The van der Waals surface area contributed by atoms with Crippen LogP contribution in [-0.2, 0) is 0 Å². The molecule has 0 aliphatic carbocycles. The van der Waals surface area contributed by atoms with E-state index in [4.69, 9.17) is 19.7 Å². The molecule has 0 amide bonds. The van der Waals surface area contributed by atoms with Crippen molar-refractivity contribution in [3.05, 3.63) is 140 Å². The number of fused-ring (bicyclic) bond motifs is 8. The van der Waals surface area contributed by atoms with Crippen LogP contribution in [0.25, 0.3) is 49.9 Å². The lowest BCUT2D eigenvalue weighted by molar-refractivity contribution is 0.477. The topological polar surface area (TPSA) is 56.1 Å². The number of rotatable bonds is 3. The number of nitrogens with zero attached hydrogens (tertiary/aromatic N) is 5. The summed E-state index contributed by atoms with van der Waals surface area (Å²) in [7, 11) is 0. The number of para-hydroxylation sites is 5. The Kier molecular flexibility index (Phi) is 5.10. The monoisotopic (exact) mass is 553 g/mol. The fraction of sp³-hybridized carbons (Fsp3) is 0. The lowest BCUT2D eigenvalue weighted by atomic mass is 10.1. The Hall–Kier alpha value is -6.01. The molecule has 0 unspecified atom stereocenters. The molecule has 202 valence electrons. The summed E-state index contributed by atoms with van der Waals surface area (Å²) in [6, 6.07) is 43.4. The summed E-state index contributed by atoms with van der Waals surface area (Å²) in [4.78, 5) is 17.0. The van der Waals surface area contributed by atoms with E-state index >= 15 is 0 Å². The molecule has 9 rings (SSSR count). The van der Waals surface area contributed by atoms with E-state index < -0.39 is 0 Å². The van der Waals surface area contributed by atoms with Gasteiger partial charge in [-0.3, -0.25) is 14.5 Å². The summed E-state index contributed by atoms with van der Waals surface area (Å²) in [6.07, 6.45) is 3.64. The van der Waals surface area contributed by atoms with Gasteiger partial charge in [-0.15, -0.1) is 0 Å².